The lowest BCUT2D eigenvalue weighted by molar-refractivity contribution is -0.113. The molecule has 2 aliphatic rings. The van der Waals surface area contributed by atoms with Gasteiger partial charge >= 0.3 is 0 Å². The van der Waals surface area contributed by atoms with Crippen molar-refractivity contribution in [2.45, 2.75) is 77.8 Å². The summed E-state index contributed by atoms with van der Waals surface area (Å²) in [5, 5.41) is 0. The van der Waals surface area contributed by atoms with Crippen LogP contribution >= 0.6 is 0 Å². The predicted molar refractivity (Wildman–Crippen MR) is 113 cm³/mol. The number of primary amides is 1. The van der Waals surface area contributed by atoms with Crippen LogP contribution in [0.5, 0.6) is 0 Å². The number of hydrogen-bond acceptors (Lipinski definition) is 3. The molecule has 0 radical (unpaired) electrons. The summed E-state index contributed by atoms with van der Waals surface area (Å²) in [5.41, 5.74) is 6.61. The highest BCUT2D eigenvalue weighted by Crippen LogP contribution is 2.43. The van der Waals surface area contributed by atoms with Gasteiger partial charge in [-0.3, -0.25) is 14.5 Å². The first-order chi connectivity index (χ1) is 13.3. The van der Waals surface area contributed by atoms with E-state index in [1.54, 1.807) is 12.1 Å². The number of rotatable bonds is 4. The van der Waals surface area contributed by atoms with Gasteiger partial charge in [0.2, 0.25) is 0 Å². The maximum absolute atomic E-state index is 14.4. The zero-order valence-corrected chi connectivity index (χ0v) is 17.9. The van der Waals surface area contributed by atoms with Crippen molar-refractivity contribution in [3.8, 4) is 0 Å². The fourth-order valence-electron chi connectivity index (χ4n) is 4.08. The third kappa shape index (κ3) is 5.51. The average molecular weight is 391 g/mol. The molecule has 0 saturated carbocycles. The number of piperidine rings is 1. The molecule has 28 heavy (non-hydrogen) atoms. The Morgan fingerprint density at radius 1 is 1.21 bits per heavy atom. The van der Waals surface area contributed by atoms with E-state index in [1.807, 2.05) is 20.8 Å². The summed E-state index contributed by atoms with van der Waals surface area (Å²) in [6.45, 7) is 11.0. The Hall–Kier alpha value is -2.01. The number of nitrogens with zero attached hydrogens (tertiary/aromatic N) is 1. The summed E-state index contributed by atoms with van der Waals surface area (Å²) in [7, 11) is 2.13. The minimum absolute atomic E-state index is 0.0141. The zero-order chi connectivity index (χ0) is 21.4. The number of ketones is 1. The van der Waals surface area contributed by atoms with Crippen molar-refractivity contribution < 1.29 is 14.0 Å². The lowest BCUT2D eigenvalue weighted by Crippen LogP contribution is -2.41. The standard InChI is InChI=1S/C15H19FN2O.C6H10O.C2H6/c1-18-9-5-7-10(13(18)8-6-9)11-3-2-4-12(14(11)16)15(17)19;1-4-5(2)6(3)7;1-2/h2-4,9-10,13H,5-8H2,1H3,(H2,17,19);2,4H2,1,3H3;1-2H3. The predicted octanol–water partition coefficient (Wildman–Crippen LogP) is 4.83. The first-order valence-corrected chi connectivity index (χ1v) is 10.3. The number of benzene rings is 1. The molecule has 3 unspecified atom stereocenters. The number of halogens is 1. The van der Waals surface area contributed by atoms with E-state index in [4.69, 9.17) is 5.73 Å². The molecule has 2 bridgehead atoms. The Bertz CT molecular complexity index is 702. The Balaban J connectivity index is 0.000000372. The maximum atomic E-state index is 14.4. The normalized spacial score (nSPS) is 23.0. The molecule has 156 valence electrons. The number of carbonyl (C=O) groups is 2. The number of Topliss-reactive ketones (excluding diaryl/α,β-unsaturated/α-hetero) is 1. The Labute approximate surface area is 169 Å². The Morgan fingerprint density at radius 3 is 2.32 bits per heavy atom. The van der Waals surface area contributed by atoms with Crippen molar-refractivity contribution in [1.29, 1.82) is 0 Å². The van der Waals surface area contributed by atoms with E-state index in [0.717, 1.165) is 25.7 Å². The van der Waals surface area contributed by atoms with Crippen LogP contribution in [0.25, 0.3) is 0 Å². The number of allylic oxidation sites excluding steroid dienone is 1. The Morgan fingerprint density at radius 2 is 1.82 bits per heavy atom. The van der Waals surface area contributed by atoms with Crippen molar-refractivity contribution in [3.05, 3.63) is 47.3 Å². The number of nitrogens with two attached hydrogens (primary N) is 1. The molecule has 3 rings (SSSR count). The number of carbonyl (C=O) groups excluding carboxylic acids is 2. The number of likely N-dealkylation sites (N-methyl/N-ethyl adjacent to an activating group) is 1. The topological polar surface area (TPSA) is 63.4 Å². The molecule has 1 aromatic carbocycles. The van der Waals surface area contributed by atoms with Gasteiger partial charge in [0.05, 0.1) is 5.56 Å². The highest BCUT2D eigenvalue weighted by Gasteiger charge is 2.41. The van der Waals surface area contributed by atoms with Crippen LogP contribution in [0.15, 0.2) is 30.4 Å². The zero-order valence-electron chi connectivity index (χ0n) is 17.9. The van der Waals surface area contributed by atoms with Gasteiger partial charge in [-0.05, 0) is 63.3 Å². The highest BCUT2D eigenvalue weighted by atomic mass is 19.1. The van der Waals surface area contributed by atoms with Gasteiger partial charge in [-0.15, -0.1) is 0 Å². The van der Waals surface area contributed by atoms with Crippen LogP contribution in [0.2, 0.25) is 0 Å². The first kappa shape index (κ1) is 24.0. The van der Waals surface area contributed by atoms with Gasteiger partial charge in [0.25, 0.3) is 5.91 Å². The van der Waals surface area contributed by atoms with Gasteiger partial charge in [0.15, 0.2) is 5.78 Å². The second-order valence-electron chi connectivity index (χ2n) is 7.23. The number of amides is 1. The van der Waals surface area contributed by atoms with Gasteiger partial charge in [-0.25, -0.2) is 4.39 Å². The van der Waals surface area contributed by atoms with E-state index in [0.29, 0.717) is 23.2 Å². The van der Waals surface area contributed by atoms with E-state index in [1.165, 1.54) is 19.4 Å². The van der Waals surface area contributed by atoms with Gasteiger partial charge in [-0.1, -0.05) is 39.5 Å². The summed E-state index contributed by atoms with van der Waals surface area (Å²) < 4.78 is 14.4. The minimum Gasteiger partial charge on any atom is -0.366 e. The van der Waals surface area contributed by atoms with Crippen molar-refractivity contribution in [2.24, 2.45) is 5.73 Å². The molecule has 2 aliphatic heterocycles. The van der Waals surface area contributed by atoms with E-state index in [-0.39, 0.29) is 17.3 Å². The molecule has 0 aromatic heterocycles. The van der Waals surface area contributed by atoms with E-state index >= 15 is 0 Å². The third-order valence-corrected chi connectivity index (χ3v) is 5.79. The van der Waals surface area contributed by atoms with Gasteiger partial charge in [-0.2, -0.15) is 0 Å². The average Bonchev–Trinajstić information content (AvgIpc) is 2.91. The molecule has 1 aromatic rings. The fraction of sp³-hybridized carbons (Fsp3) is 0.565. The first-order valence-electron chi connectivity index (χ1n) is 10.3. The molecule has 0 aliphatic carbocycles. The van der Waals surface area contributed by atoms with Crippen LogP contribution in [0.4, 0.5) is 4.39 Å². The van der Waals surface area contributed by atoms with Crippen LogP contribution in [0, 0.1) is 5.82 Å². The SMILES string of the molecule is C=C(CC)C(C)=O.CC.CN1C2CCC(c3cccc(C(N)=O)c3F)C1CC2. The molecule has 4 nitrogen and oxygen atoms in total. The molecular weight excluding hydrogens is 355 g/mol. The molecule has 2 fully saturated rings. The third-order valence-electron chi connectivity index (χ3n) is 5.79. The largest absolute Gasteiger partial charge is 0.366 e. The van der Waals surface area contributed by atoms with E-state index < -0.39 is 11.7 Å². The molecule has 1 amide bonds. The summed E-state index contributed by atoms with van der Waals surface area (Å²) in [4.78, 5) is 23.9. The quantitative estimate of drug-likeness (QED) is 0.749. The van der Waals surface area contributed by atoms with Crippen LogP contribution in [-0.4, -0.2) is 35.7 Å². The van der Waals surface area contributed by atoms with E-state index in [9.17, 15) is 14.0 Å². The molecule has 5 heteroatoms. The van der Waals surface area contributed by atoms with E-state index in [2.05, 4.69) is 18.5 Å². The summed E-state index contributed by atoms with van der Waals surface area (Å²) in [6, 6.07) is 6.06. The number of hydrogen-bond donors (Lipinski definition) is 1. The second kappa shape index (κ2) is 11.1. The van der Waals surface area contributed by atoms with Gasteiger partial charge in [0.1, 0.15) is 5.82 Å². The fourth-order valence-corrected chi connectivity index (χ4v) is 4.08. The molecule has 3 atom stereocenters. The van der Waals surface area contributed by atoms with Gasteiger partial charge in [0, 0.05) is 18.0 Å². The molecule has 2 heterocycles. The molecule has 2 N–H and O–H groups in total. The van der Waals surface area contributed by atoms with Crippen LogP contribution in [-0.2, 0) is 4.79 Å². The van der Waals surface area contributed by atoms with Crippen molar-refractivity contribution in [2.75, 3.05) is 7.05 Å². The van der Waals surface area contributed by atoms with Crippen LogP contribution in [0.1, 0.15) is 81.6 Å². The summed E-state index contributed by atoms with van der Waals surface area (Å²) in [5.74, 6) is -0.822. The highest BCUT2D eigenvalue weighted by molar-refractivity contribution is 5.93. The maximum Gasteiger partial charge on any atom is 0.251 e. The monoisotopic (exact) mass is 390 g/mol. The second-order valence-corrected chi connectivity index (χ2v) is 7.23. The van der Waals surface area contributed by atoms with Gasteiger partial charge < -0.3 is 5.73 Å². The molecule has 0 spiro atoms. The van der Waals surface area contributed by atoms with Crippen LogP contribution < -0.4 is 5.73 Å². The molecular formula is C23H35FN2O2. The van der Waals surface area contributed by atoms with Crippen LogP contribution in [0.3, 0.4) is 0 Å². The summed E-state index contributed by atoms with van der Waals surface area (Å²) in [6.07, 6.45) is 5.20. The minimum atomic E-state index is -0.687. The summed E-state index contributed by atoms with van der Waals surface area (Å²) >= 11 is 0. The Kier molecular flexibility index (Phi) is 9.53. The number of fused-ring (bicyclic) bond motifs is 2. The smallest absolute Gasteiger partial charge is 0.251 e. The molecule has 2 saturated heterocycles. The van der Waals surface area contributed by atoms with Crippen molar-refractivity contribution in [3.63, 3.8) is 0 Å². The lowest BCUT2D eigenvalue weighted by Gasteiger charge is -2.38. The van der Waals surface area contributed by atoms with Crippen molar-refractivity contribution >= 4 is 11.7 Å². The lowest BCUT2D eigenvalue weighted by atomic mass is 9.83. The van der Waals surface area contributed by atoms with Crippen molar-refractivity contribution in [1.82, 2.24) is 4.90 Å².